The quantitative estimate of drug-likeness (QED) is 0.544. The number of esters is 1. The molecule has 0 saturated heterocycles. The molecule has 2 aromatic carbocycles. The van der Waals surface area contributed by atoms with Crippen molar-refractivity contribution in [1.82, 2.24) is 0 Å². The maximum atomic E-state index is 12.9. The molecule has 3 aromatic rings. The van der Waals surface area contributed by atoms with Crippen LogP contribution in [0.5, 0.6) is 11.5 Å². The normalized spacial score (nSPS) is 10.6. The number of carbonyl (C=O) groups excluding carboxylic acids is 1. The van der Waals surface area contributed by atoms with Gasteiger partial charge in [0.25, 0.3) is 0 Å². The molecule has 1 heterocycles. The second-order valence-electron chi connectivity index (χ2n) is 5.53. The van der Waals surface area contributed by atoms with Crippen molar-refractivity contribution in [2.45, 2.75) is 6.92 Å². The molecule has 0 aliphatic heterocycles. The van der Waals surface area contributed by atoms with E-state index in [2.05, 4.69) is 15.9 Å². The van der Waals surface area contributed by atoms with Crippen LogP contribution < -0.4 is 14.9 Å². The van der Waals surface area contributed by atoms with Crippen LogP contribution in [0.15, 0.2) is 56.1 Å². The molecule has 0 amide bonds. The summed E-state index contributed by atoms with van der Waals surface area (Å²) in [5.41, 5.74) is 0.667. The Bertz CT molecular complexity index is 1040. The first-order chi connectivity index (χ1) is 13.0. The van der Waals surface area contributed by atoms with Crippen molar-refractivity contribution >= 4 is 32.9 Å². The predicted octanol–water partition coefficient (Wildman–Crippen LogP) is 4.17. The van der Waals surface area contributed by atoms with Crippen molar-refractivity contribution in [2.75, 3.05) is 20.3 Å². The van der Waals surface area contributed by atoms with Gasteiger partial charge in [-0.05, 0) is 53.2 Å². The predicted molar refractivity (Wildman–Crippen MR) is 104 cm³/mol. The minimum Gasteiger partial charge on any atom is -0.496 e. The third-order valence-electron chi connectivity index (χ3n) is 3.81. The molecule has 3 rings (SSSR count). The largest absolute Gasteiger partial charge is 0.496 e. The molecule has 0 saturated carbocycles. The molecule has 7 heteroatoms. The summed E-state index contributed by atoms with van der Waals surface area (Å²) in [7, 11) is 1.56. The van der Waals surface area contributed by atoms with Gasteiger partial charge >= 0.3 is 5.97 Å². The van der Waals surface area contributed by atoms with Crippen molar-refractivity contribution in [3.63, 3.8) is 0 Å². The minimum atomic E-state index is -0.563. The Kier molecular flexibility index (Phi) is 5.81. The van der Waals surface area contributed by atoms with Crippen LogP contribution in [-0.2, 0) is 9.53 Å². The molecule has 140 valence electrons. The monoisotopic (exact) mass is 432 g/mol. The summed E-state index contributed by atoms with van der Waals surface area (Å²) in [6.07, 6.45) is 0. The molecule has 0 aliphatic carbocycles. The highest BCUT2D eigenvalue weighted by Crippen LogP contribution is 2.35. The molecule has 0 unspecified atom stereocenters. The van der Waals surface area contributed by atoms with E-state index in [9.17, 15) is 9.59 Å². The lowest BCUT2D eigenvalue weighted by Crippen LogP contribution is -2.18. The maximum absolute atomic E-state index is 12.9. The maximum Gasteiger partial charge on any atom is 0.344 e. The number of halogens is 1. The average Bonchev–Trinajstić information content (AvgIpc) is 2.67. The molecule has 6 nitrogen and oxygen atoms in total. The summed E-state index contributed by atoms with van der Waals surface area (Å²) in [6, 6.07) is 12.1. The zero-order valence-corrected chi connectivity index (χ0v) is 16.4. The van der Waals surface area contributed by atoms with E-state index in [1.807, 2.05) is 0 Å². The lowest BCUT2D eigenvalue weighted by atomic mass is 10.1. The molecule has 0 radical (unpaired) electrons. The topological polar surface area (TPSA) is 75.0 Å². The van der Waals surface area contributed by atoms with E-state index < -0.39 is 5.97 Å². The van der Waals surface area contributed by atoms with Gasteiger partial charge in [0.05, 0.1) is 23.6 Å². The Labute approximate surface area is 163 Å². The van der Waals surface area contributed by atoms with Gasteiger partial charge in [-0.1, -0.05) is 12.1 Å². The van der Waals surface area contributed by atoms with Gasteiger partial charge in [-0.2, -0.15) is 0 Å². The molecule has 1 aromatic heterocycles. The van der Waals surface area contributed by atoms with E-state index in [-0.39, 0.29) is 30.2 Å². The van der Waals surface area contributed by atoms with E-state index in [0.717, 1.165) is 0 Å². The summed E-state index contributed by atoms with van der Waals surface area (Å²) in [4.78, 5) is 24.6. The fourth-order valence-corrected chi connectivity index (χ4v) is 3.13. The van der Waals surface area contributed by atoms with Crippen LogP contribution in [0.3, 0.4) is 0 Å². The van der Waals surface area contributed by atoms with Crippen LogP contribution >= 0.6 is 15.9 Å². The van der Waals surface area contributed by atoms with Crippen LogP contribution in [-0.4, -0.2) is 26.3 Å². The number of hydrogen-bond acceptors (Lipinski definition) is 6. The van der Waals surface area contributed by atoms with Crippen molar-refractivity contribution < 1.29 is 23.4 Å². The van der Waals surface area contributed by atoms with Crippen molar-refractivity contribution in [3.05, 3.63) is 57.2 Å². The molecule has 0 aliphatic rings. The molecule has 0 atom stereocenters. The van der Waals surface area contributed by atoms with Crippen molar-refractivity contribution in [1.29, 1.82) is 0 Å². The first-order valence-electron chi connectivity index (χ1n) is 8.23. The number of para-hydroxylation sites is 1. The summed E-state index contributed by atoms with van der Waals surface area (Å²) < 4.78 is 22.2. The van der Waals surface area contributed by atoms with Gasteiger partial charge in [0, 0.05) is 5.56 Å². The molecule has 0 fully saturated rings. The summed E-state index contributed by atoms with van der Waals surface area (Å²) >= 11 is 3.42. The fraction of sp³-hybridized carbons (Fsp3) is 0.200. The number of methoxy groups -OCH3 is 1. The first-order valence-corrected chi connectivity index (χ1v) is 9.02. The van der Waals surface area contributed by atoms with Gasteiger partial charge in [-0.3, -0.25) is 4.79 Å². The molecule has 0 spiro atoms. The standard InChI is InChI=1S/C20H17BrO6/c1-3-25-17(22)11-26-20-18(23)13-6-4-5-7-15(13)27-19(20)12-8-9-16(24-2)14(21)10-12/h4-10H,3,11H2,1-2H3. The summed E-state index contributed by atoms with van der Waals surface area (Å²) in [6.45, 7) is 1.54. The minimum absolute atomic E-state index is 0.0428. The molecule has 0 bridgehead atoms. The average molecular weight is 433 g/mol. The lowest BCUT2D eigenvalue weighted by molar-refractivity contribution is -0.145. The number of carbonyl (C=O) groups is 1. The van der Waals surface area contributed by atoms with E-state index >= 15 is 0 Å². The van der Waals surface area contributed by atoms with Crippen LogP contribution in [0.4, 0.5) is 0 Å². The molecule has 27 heavy (non-hydrogen) atoms. The number of rotatable bonds is 6. The molecular weight excluding hydrogens is 416 g/mol. The highest BCUT2D eigenvalue weighted by atomic mass is 79.9. The van der Waals surface area contributed by atoms with Gasteiger partial charge in [-0.15, -0.1) is 0 Å². The van der Waals surface area contributed by atoms with Crippen LogP contribution in [0.1, 0.15) is 6.92 Å². The SMILES string of the molecule is CCOC(=O)COc1c(-c2ccc(OC)c(Br)c2)oc2ccccc2c1=O. The highest BCUT2D eigenvalue weighted by Gasteiger charge is 2.19. The number of fused-ring (bicyclic) bond motifs is 1. The van der Waals surface area contributed by atoms with E-state index in [4.69, 9.17) is 18.6 Å². The number of benzene rings is 2. The Balaban J connectivity index is 2.14. The Hall–Kier alpha value is -2.80. The van der Waals surface area contributed by atoms with Crippen LogP contribution in [0, 0.1) is 0 Å². The lowest BCUT2D eigenvalue weighted by Gasteiger charge is -2.12. The smallest absolute Gasteiger partial charge is 0.344 e. The third kappa shape index (κ3) is 3.98. The van der Waals surface area contributed by atoms with Gasteiger partial charge in [-0.25, -0.2) is 4.79 Å². The van der Waals surface area contributed by atoms with E-state index in [1.165, 1.54) is 0 Å². The summed E-state index contributed by atoms with van der Waals surface area (Å²) in [5, 5.41) is 0.368. The number of ether oxygens (including phenoxy) is 3. The van der Waals surface area contributed by atoms with Crippen molar-refractivity contribution in [2.24, 2.45) is 0 Å². The van der Waals surface area contributed by atoms with Gasteiger partial charge in [0.15, 0.2) is 12.4 Å². The fourth-order valence-electron chi connectivity index (χ4n) is 2.59. The Morgan fingerprint density at radius 2 is 1.96 bits per heavy atom. The molecule has 0 N–H and O–H groups in total. The van der Waals surface area contributed by atoms with Gasteiger partial charge in [0.1, 0.15) is 11.3 Å². The first kappa shape index (κ1) is 19.0. The van der Waals surface area contributed by atoms with Gasteiger partial charge in [0.2, 0.25) is 11.2 Å². The van der Waals surface area contributed by atoms with Crippen LogP contribution in [0.25, 0.3) is 22.3 Å². The highest BCUT2D eigenvalue weighted by molar-refractivity contribution is 9.10. The number of hydrogen-bond donors (Lipinski definition) is 0. The Morgan fingerprint density at radius 3 is 2.67 bits per heavy atom. The second-order valence-corrected chi connectivity index (χ2v) is 6.38. The van der Waals surface area contributed by atoms with E-state index in [0.29, 0.717) is 26.8 Å². The zero-order chi connectivity index (χ0) is 19.4. The molecular formula is C20H17BrO6. The Morgan fingerprint density at radius 1 is 1.19 bits per heavy atom. The van der Waals surface area contributed by atoms with Crippen molar-refractivity contribution in [3.8, 4) is 22.8 Å². The third-order valence-corrected chi connectivity index (χ3v) is 4.43. The summed E-state index contributed by atoms with van der Waals surface area (Å²) in [5.74, 6) is 0.257. The zero-order valence-electron chi connectivity index (χ0n) is 14.8. The van der Waals surface area contributed by atoms with Crippen LogP contribution in [0.2, 0.25) is 0 Å². The van der Waals surface area contributed by atoms with Gasteiger partial charge < -0.3 is 18.6 Å². The van der Waals surface area contributed by atoms with E-state index in [1.54, 1.807) is 56.5 Å². The second kappa shape index (κ2) is 8.26.